The topological polar surface area (TPSA) is 122 Å². The molecule has 5 rings (SSSR count). The second kappa shape index (κ2) is 7.42. The Hall–Kier alpha value is -3.78. The first-order chi connectivity index (χ1) is 15.4. The molecule has 2 aliphatic rings. The minimum absolute atomic E-state index is 0.0869. The second-order valence-electron chi connectivity index (χ2n) is 8.26. The van der Waals surface area contributed by atoms with Gasteiger partial charge < -0.3 is 14.9 Å². The van der Waals surface area contributed by atoms with Crippen LogP contribution in [0.4, 0.5) is 5.95 Å². The SMILES string of the molecule is O=C1OC2(CCC(O)(C(=O)Nc3ncc(-c4ccc(O)cc4)cn3)CC2)c2ccccc21. The van der Waals surface area contributed by atoms with E-state index in [-0.39, 0.29) is 30.5 Å². The lowest BCUT2D eigenvalue weighted by atomic mass is 9.72. The van der Waals surface area contributed by atoms with Crippen LogP contribution in [0.3, 0.4) is 0 Å². The maximum Gasteiger partial charge on any atom is 0.339 e. The van der Waals surface area contributed by atoms with Gasteiger partial charge in [0.25, 0.3) is 5.91 Å². The van der Waals surface area contributed by atoms with Crippen LogP contribution in [0.1, 0.15) is 41.6 Å². The molecule has 2 heterocycles. The standard InChI is InChI=1S/C24H21N3O5/c28-17-7-5-15(6-8-17)16-13-25-22(26-14-16)27-21(30)23(31)9-11-24(12-10-23)19-4-2-1-3-18(19)20(29)32-24/h1-8,13-14,28,31H,9-12H2,(H,25,26,27,30). The van der Waals surface area contributed by atoms with Gasteiger partial charge in [-0.05, 0) is 49.4 Å². The number of ether oxygens (including phenoxy) is 1. The summed E-state index contributed by atoms with van der Waals surface area (Å²) in [4.78, 5) is 33.4. The van der Waals surface area contributed by atoms with Crippen molar-refractivity contribution in [2.75, 3.05) is 5.32 Å². The maximum atomic E-state index is 12.8. The summed E-state index contributed by atoms with van der Waals surface area (Å²) >= 11 is 0. The van der Waals surface area contributed by atoms with Crippen molar-refractivity contribution >= 4 is 17.8 Å². The summed E-state index contributed by atoms with van der Waals surface area (Å²) in [5.41, 5.74) is 0.521. The van der Waals surface area contributed by atoms with Crippen LogP contribution in [0, 0.1) is 0 Å². The molecule has 8 heteroatoms. The number of nitrogens with zero attached hydrogens (tertiary/aromatic N) is 2. The number of amides is 1. The Morgan fingerprint density at radius 3 is 2.28 bits per heavy atom. The molecule has 1 aromatic heterocycles. The summed E-state index contributed by atoms with van der Waals surface area (Å²) < 4.78 is 5.69. The highest BCUT2D eigenvalue weighted by molar-refractivity contribution is 5.97. The summed E-state index contributed by atoms with van der Waals surface area (Å²) in [7, 11) is 0. The van der Waals surface area contributed by atoms with E-state index >= 15 is 0 Å². The number of carbonyl (C=O) groups is 2. The second-order valence-corrected chi connectivity index (χ2v) is 8.26. The first-order valence-corrected chi connectivity index (χ1v) is 10.4. The third-order valence-electron chi connectivity index (χ3n) is 6.31. The van der Waals surface area contributed by atoms with E-state index in [2.05, 4.69) is 15.3 Å². The molecule has 1 aliphatic carbocycles. The predicted molar refractivity (Wildman–Crippen MR) is 115 cm³/mol. The quantitative estimate of drug-likeness (QED) is 0.545. The Bertz CT molecular complexity index is 1180. The normalized spacial score (nSPS) is 24.1. The number of hydrogen-bond donors (Lipinski definition) is 3. The number of fused-ring (bicyclic) bond motifs is 2. The number of aromatic nitrogens is 2. The Kier molecular flexibility index (Phi) is 4.67. The monoisotopic (exact) mass is 431 g/mol. The van der Waals surface area contributed by atoms with Gasteiger partial charge in [-0.25, -0.2) is 14.8 Å². The number of benzene rings is 2. The average molecular weight is 431 g/mol. The number of rotatable bonds is 3. The van der Waals surface area contributed by atoms with Crippen molar-refractivity contribution in [2.24, 2.45) is 0 Å². The van der Waals surface area contributed by atoms with Gasteiger partial charge in [-0.2, -0.15) is 0 Å². The van der Waals surface area contributed by atoms with Gasteiger partial charge in [0.05, 0.1) is 5.56 Å². The molecule has 3 aromatic rings. The number of carbonyl (C=O) groups excluding carboxylic acids is 2. The van der Waals surface area contributed by atoms with Crippen molar-refractivity contribution in [3.8, 4) is 16.9 Å². The molecule has 1 spiro atoms. The van der Waals surface area contributed by atoms with Crippen molar-refractivity contribution in [3.63, 3.8) is 0 Å². The number of esters is 1. The van der Waals surface area contributed by atoms with Gasteiger partial charge >= 0.3 is 5.97 Å². The van der Waals surface area contributed by atoms with Crippen molar-refractivity contribution in [3.05, 3.63) is 72.1 Å². The Balaban J connectivity index is 1.27. The van der Waals surface area contributed by atoms with Crippen molar-refractivity contribution < 1.29 is 24.5 Å². The summed E-state index contributed by atoms with van der Waals surface area (Å²) in [6.07, 6.45) is 4.10. The van der Waals surface area contributed by atoms with E-state index in [4.69, 9.17) is 4.74 Å². The summed E-state index contributed by atoms with van der Waals surface area (Å²) in [5, 5.41) is 23.0. The van der Waals surface area contributed by atoms with Gasteiger partial charge in [0.15, 0.2) is 0 Å². The average Bonchev–Trinajstić information content (AvgIpc) is 3.09. The van der Waals surface area contributed by atoms with Crippen LogP contribution in [0.25, 0.3) is 11.1 Å². The molecule has 1 saturated carbocycles. The molecule has 0 atom stereocenters. The Morgan fingerprint density at radius 2 is 1.59 bits per heavy atom. The number of nitrogens with one attached hydrogen (secondary N) is 1. The van der Waals surface area contributed by atoms with Gasteiger partial charge in [-0.15, -0.1) is 0 Å². The first-order valence-electron chi connectivity index (χ1n) is 10.4. The Labute approximate surface area is 183 Å². The lowest BCUT2D eigenvalue weighted by Gasteiger charge is -2.40. The fourth-order valence-corrected chi connectivity index (χ4v) is 4.43. The van der Waals surface area contributed by atoms with Crippen LogP contribution in [-0.2, 0) is 15.1 Å². The summed E-state index contributed by atoms with van der Waals surface area (Å²) in [5.74, 6) is -0.694. The molecule has 0 unspecified atom stereocenters. The van der Waals surface area contributed by atoms with E-state index in [0.717, 1.165) is 16.7 Å². The molecule has 3 N–H and O–H groups in total. The zero-order chi connectivity index (χ0) is 22.3. The summed E-state index contributed by atoms with van der Waals surface area (Å²) in [6.45, 7) is 0. The van der Waals surface area contributed by atoms with Gasteiger partial charge in [0.2, 0.25) is 5.95 Å². The third kappa shape index (κ3) is 3.38. The van der Waals surface area contributed by atoms with Gasteiger partial charge in [0, 0.05) is 23.5 Å². The highest BCUT2D eigenvalue weighted by Crippen LogP contribution is 2.49. The minimum Gasteiger partial charge on any atom is -0.508 e. The summed E-state index contributed by atoms with van der Waals surface area (Å²) in [6, 6.07) is 13.9. The smallest absolute Gasteiger partial charge is 0.339 e. The fourth-order valence-electron chi connectivity index (χ4n) is 4.43. The zero-order valence-corrected chi connectivity index (χ0v) is 17.1. The molecular formula is C24H21N3O5. The van der Waals surface area contributed by atoms with E-state index in [1.807, 2.05) is 12.1 Å². The lowest BCUT2D eigenvalue weighted by Crippen LogP contribution is -2.49. The van der Waals surface area contributed by atoms with E-state index < -0.39 is 17.1 Å². The minimum atomic E-state index is -1.60. The Morgan fingerprint density at radius 1 is 0.938 bits per heavy atom. The number of aliphatic hydroxyl groups is 1. The molecule has 0 radical (unpaired) electrons. The molecule has 8 nitrogen and oxygen atoms in total. The highest BCUT2D eigenvalue weighted by atomic mass is 16.6. The molecule has 2 aromatic carbocycles. The number of phenols is 1. The van der Waals surface area contributed by atoms with Crippen LogP contribution in [0.5, 0.6) is 5.75 Å². The molecule has 32 heavy (non-hydrogen) atoms. The van der Waals surface area contributed by atoms with E-state index in [0.29, 0.717) is 18.4 Å². The molecular weight excluding hydrogens is 410 g/mol. The van der Waals surface area contributed by atoms with Crippen LogP contribution in [0.2, 0.25) is 0 Å². The highest BCUT2D eigenvalue weighted by Gasteiger charge is 2.52. The van der Waals surface area contributed by atoms with Crippen molar-refractivity contribution in [2.45, 2.75) is 36.9 Å². The number of aromatic hydroxyl groups is 1. The van der Waals surface area contributed by atoms with E-state index in [9.17, 15) is 19.8 Å². The fraction of sp³-hybridized carbons (Fsp3) is 0.250. The van der Waals surface area contributed by atoms with Crippen molar-refractivity contribution in [1.29, 1.82) is 0 Å². The molecule has 0 saturated heterocycles. The van der Waals surface area contributed by atoms with Gasteiger partial charge in [-0.3, -0.25) is 10.1 Å². The van der Waals surface area contributed by atoms with Crippen LogP contribution < -0.4 is 5.32 Å². The lowest BCUT2D eigenvalue weighted by molar-refractivity contribution is -0.144. The molecule has 1 amide bonds. The number of hydrogen-bond acceptors (Lipinski definition) is 7. The molecule has 0 bridgehead atoms. The van der Waals surface area contributed by atoms with Crippen LogP contribution >= 0.6 is 0 Å². The maximum absolute atomic E-state index is 12.8. The molecule has 1 aliphatic heterocycles. The van der Waals surface area contributed by atoms with Gasteiger partial charge in [-0.1, -0.05) is 30.3 Å². The van der Waals surface area contributed by atoms with E-state index in [1.54, 1.807) is 48.8 Å². The predicted octanol–water partition coefficient (Wildman–Crippen LogP) is 3.16. The third-order valence-corrected chi connectivity index (χ3v) is 6.31. The largest absolute Gasteiger partial charge is 0.508 e. The van der Waals surface area contributed by atoms with Gasteiger partial charge in [0.1, 0.15) is 17.0 Å². The number of anilines is 1. The first kappa shape index (κ1) is 20.1. The van der Waals surface area contributed by atoms with Crippen LogP contribution in [-0.4, -0.2) is 37.7 Å². The molecule has 1 fully saturated rings. The number of phenolic OH excluding ortho intramolecular Hbond substituents is 1. The van der Waals surface area contributed by atoms with Crippen LogP contribution in [0.15, 0.2) is 60.9 Å². The van der Waals surface area contributed by atoms with E-state index in [1.165, 1.54) is 0 Å². The molecule has 162 valence electrons. The van der Waals surface area contributed by atoms with Crippen molar-refractivity contribution in [1.82, 2.24) is 9.97 Å². The zero-order valence-electron chi connectivity index (χ0n) is 17.1.